The van der Waals surface area contributed by atoms with Gasteiger partial charge in [0.25, 0.3) is 0 Å². The molecule has 0 atom stereocenters. The van der Waals surface area contributed by atoms with Crippen molar-refractivity contribution in [3.63, 3.8) is 0 Å². The number of carboxylic acid groups (broad SMARTS) is 1. The van der Waals surface area contributed by atoms with Crippen LogP contribution in [0, 0.1) is 18.8 Å². The molecule has 2 aromatic rings. The van der Waals surface area contributed by atoms with E-state index in [0.717, 1.165) is 16.0 Å². The van der Waals surface area contributed by atoms with Gasteiger partial charge in [-0.2, -0.15) is 0 Å². The van der Waals surface area contributed by atoms with E-state index in [2.05, 4.69) is 11.8 Å². The Morgan fingerprint density at radius 2 is 1.95 bits per heavy atom. The highest BCUT2D eigenvalue weighted by Crippen LogP contribution is 2.21. The quantitative estimate of drug-likeness (QED) is 0.686. The molecule has 0 fully saturated rings. The molecule has 2 rings (SSSR count). The Morgan fingerprint density at radius 1 is 1.20 bits per heavy atom. The summed E-state index contributed by atoms with van der Waals surface area (Å²) in [6.07, 6.45) is 0. The summed E-state index contributed by atoms with van der Waals surface area (Å²) in [5, 5.41) is 9.07. The molecule has 0 aliphatic rings. The van der Waals surface area contributed by atoms with E-state index in [-0.39, 0.29) is 0 Å². The van der Waals surface area contributed by atoms with E-state index < -0.39 is 5.97 Å². The Balaban J connectivity index is 2.00. The van der Waals surface area contributed by atoms with Crippen LogP contribution in [0.5, 0.6) is 0 Å². The number of thioether (sulfide) groups is 1. The maximum Gasteiger partial charge on any atom is 0.335 e. The molecular formula is C17H14O2S. The molecule has 20 heavy (non-hydrogen) atoms. The number of benzene rings is 2. The molecule has 0 aromatic heterocycles. The van der Waals surface area contributed by atoms with Crippen molar-refractivity contribution in [3.05, 3.63) is 65.2 Å². The van der Waals surface area contributed by atoms with Crippen molar-refractivity contribution in [3.8, 4) is 11.8 Å². The first-order valence-corrected chi connectivity index (χ1v) is 7.16. The first kappa shape index (κ1) is 14.2. The van der Waals surface area contributed by atoms with Crippen LogP contribution in [-0.4, -0.2) is 16.8 Å². The van der Waals surface area contributed by atoms with Gasteiger partial charge in [0.1, 0.15) is 0 Å². The molecule has 0 aliphatic carbocycles. The van der Waals surface area contributed by atoms with E-state index in [1.165, 1.54) is 0 Å². The predicted molar refractivity (Wildman–Crippen MR) is 82.2 cm³/mol. The molecule has 0 bridgehead atoms. The molecule has 2 nitrogen and oxygen atoms in total. The molecule has 1 N–H and O–H groups in total. The van der Waals surface area contributed by atoms with Gasteiger partial charge in [0.2, 0.25) is 0 Å². The van der Waals surface area contributed by atoms with Gasteiger partial charge < -0.3 is 5.11 Å². The van der Waals surface area contributed by atoms with Crippen LogP contribution in [0.4, 0.5) is 0 Å². The van der Waals surface area contributed by atoms with E-state index >= 15 is 0 Å². The van der Waals surface area contributed by atoms with Crippen molar-refractivity contribution in [2.75, 3.05) is 5.75 Å². The summed E-state index contributed by atoms with van der Waals surface area (Å²) < 4.78 is 0. The highest BCUT2D eigenvalue weighted by molar-refractivity contribution is 7.99. The zero-order chi connectivity index (χ0) is 14.4. The van der Waals surface area contributed by atoms with E-state index in [4.69, 9.17) is 5.11 Å². The number of hydrogen-bond acceptors (Lipinski definition) is 2. The van der Waals surface area contributed by atoms with Crippen LogP contribution < -0.4 is 0 Å². The van der Waals surface area contributed by atoms with Gasteiger partial charge in [0.05, 0.1) is 11.3 Å². The molecule has 0 amide bonds. The molecule has 0 spiro atoms. The minimum Gasteiger partial charge on any atom is -0.478 e. The van der Waals surface area contributed by atoms with Gasteiger partial charge in [-0.05, 0) is 36.8 Å². The minimum absolute atomic E-state index is 0.353. The fourth-order valence-corrected chi connectivity index (χ4v) is 2.38. The third-order valence-electron chi connectivity index (χ3n) is 2.76. The SMILES string of the molecule is Cc1ccc(SCC#Cc2ccccc2)cc1C(=O)O. The zero-order valence-corrected chi connectivity index (χ0v) is 11.9. The monoisotopic (exact) mass is 282 g/mol. The van der Waals surface area contributed by atoms with Gasteiger partial charge in [-0.15, -0.1) is 11.8 Å². The number of carboxylic acids is 1. The Morgan fingerprint density at radius 3 is 2.65 bits per heavy atom. The summed E-state index contributed by atoms with van der Waals surface area (Å²) in [6, 6.07) is 15.3. The maximum absolute atomic E-state index is 11.1. The van der Waals surface area contributed by atoms with Gasteiger partial charge in [0.15, 0.2) is 0 Å². The second-order valence-corrected chi connectivity index (χ2v) is 5.29. The van der Waals surface area contributed by atoms with Gasteiger partial charge in [-0.1, -0.05) is 36.1 Å². The highest BCUT2D eigenvalue weighted by atomic mass is 32.2. The summed E-state index contributed by atoms with van der Waals surface area (Å²) in [4.78, 5) is 12.0. The first-order chi connectivity index (χ1) is 9.66. The lowest BCUT2D eigenvalue weighted by atomic mass is 10.1. The van der Waals surface area contributed by atoms with Crippen LogP contribution in [0.2, 0.25) is 0 Å². The summed E-state index contributed by atoms with van der Waals surface area (Å²) in [5.74, 6) is 5.90. The largest absolute Gasteiger partial charge is 0.478 e. The number of rotatable bonds is 3. The van der Waals surface area contributed by atoms with Crippen LogP contribution in [0.25, 0.3) is 0 Å². The summed E-state index contributed by atoms with van der Waals surface area (Å²) >= 11 is 1.54. The summed E-state index contributed by atoms with van der Waals surface area (Å²) in [7, 11) is 0. The number of carbonyl (C=O) groups is 1. The molecule has 3 heteroatoms. The van der Waals surface area contributed by atoms with Crippen LogP contribution in [0.3, 0.4) is 0 Å². The number of aryl methyl sites for hydroxylation is 1. The summed E-state index contributed by atoms with van der Waals surface area (Å²) in [6.45, 7) is 1.80. The van der Waals surface area contributed by atoms with E-state index in [1.807, 2.05) is 42.5 Å². The van der Waals surface area contributed by atoms with Crippen molar-refractivity contribution < 1.29 is 9.90 Å². The summed E-state index contributed by atoms with van der Waals surface area (Å²) in [5.41, 5.74) is 2.12. The zero-order valence-electron chi connectivity index (χ0n) is 11.1. The second kappa shape index (κ2) is 6.83. The highest BCUT2D eigenvalue weighted by Gasteiger charge is 2.07. The topological polar surface area (TPSA) is 37.3 Å². The Hall–Kier alpha value is -2.18. The smallest absolute Gasteiger partial charge is 0.335 e. The molecule has 0 saturated carbocycles. The lowest BCUT2D eigenvalue weighted by molar-refractivity contribution is 0.0696. The average molecular weight is 282 g/mol. The van der Waals surface area contributed by atoms with Crippen LogP contribution in [0.1, 0.15) is 21.5 Å². The van der Waals surface area contributed by atoms with Crippen molar-refractivity contribution >= 4 is 17.7 Å². The van der Waals surface area contributed by atoms with E-state index in [1.54, 1.807) is 24.8 Å². The third-order valence-corrected chi connectivity index (χ3v) is 3.63. The maximum atomic E-state index is 11.1. The van der Waals surface area contributed by atoms with Crippen molar-refractivity contribution in [2.24, 2.45) is 0 Å². The van der Waals surface area contributed by atoms with Gasteiger partial charge in [0, 0.05) is 10.5 Å². The minimum atomic E-state index is -0.889. The molecule has 2 aromatic carbocycles. The Kier molecular flexibility index (Phi) is 4.86. The number of aromatic carboxylic acids is 1. The molecule has 100 valence electrons. The third kappa shape index (κ3) is 3.91. The average Bonchev–Trinajstić information content (AvgIpc) is 2.46. The molecule has 0 saturated heterocycles. The van der Waals surface area contributed by atoms with Crippen molar-refractivity contribution in [1.29, 1.82) is 0 Å². The Bertz CT molecular complexity index is 666. The van der Waals surface area contributed by atoms with Crippen molar-refractivity contribution in [2.45, 2.75) is 11.8 Å². The first-order valence-electron chi connectivity index (χ1n) is 6.17. The molecular weight excluding hydrogens is 268 g/mol. The van der Waals surface area contributed by atoms with Gasteiger partial charge in [-0.25, -0.2) is 4.79 Å². The molecule has 0 heterocycles. The van der Waals surface area contributed by atoms with E-state index in [0.29, 0.717) is 11.3 Å². The number of hydrogen-bond donors (Lipinski definition) is 1. The Labute approximate surface area is 122 Å². The second-order valence-electron chi connectivity index (χ2n) is 4.24. The standard InChI is InChI=1S/C17H14O2S/c1-13-9-10-15(12-16(13)17(18)19)20-11-5-8-14-6-3-2-4-7-14/h2-4,6-7,9-10,12H,11H2,1H3,(H,18,19). The molecule has 0 unspecified atom stereocenters. The normalized spacial score (nSPS) is 9.65. The van der Waals surface area contributed by atoms with Crippen LogP contribution >= 0.6 is 11.8 Å². The lowest BCUT2D eigenvalue weighted by Crippen LogP contribution is -1.99. The molecule has 0 aliphatic heterocycles. The van der Waals surface area contributed by atoms with Crippen LogP contribution in [-0.2, 0) is 0 Å². The van der Waals surface area contributed by atoms with Crippen LogP contribution in [0.15, 0.2) is 53.4 Å². The fraction of sp³-hybridized carbons (Fsp3) is 0.118. The van der Waals surface area contributed by atoms with Crippen molar-refractivity contribution in [1.82, 2.24) is 0 Å². The lowest BCUT2D eigenvalue weighted by Gasteiger charge is -2.03. The van der Waals surface area contributed by atoms with Gasteiger partial charge in [-0.3, -0.25) is 0 Å². The van der Waals surface area contributed by atoms with Gasteiger partial charge >= 0.3 is 5.97 Å². The predicted octanol–water partition coefficient (Wildman–Crippen LogP) is 3.84. The molecule has 0 radical (unpaired) electrons. The van der Waals surface area contributed by atoms with E-state index in [9.17, 15) is 4.79 Å². The fourth-order valence-electron chi connectivity index (χ4n) is 1.70.